The van der Waals surface area contributed by atoms with Crippen LogP contribution in [0.1, 0.15) is 47.1 Å². The summed E-state index contributed by atoms with van der Waals surface area (Å²) >= 11 is 6.83. The van der Waals surface area contributed by atoms with Crippen molar-refractivity contribution in [2.45, 2.75) is 59.2 Å². The molecule has 0 aliphatic carbocycles. The van der Waals surface area contributed by atoms with Crippen LogP contribution >= 0.6 is 31.9 Å². The lowest BCUT2D eigenvalue weighted by molar-refractivity contribution is 0.00169. The molecule has 0 aromatic carbocycles. The van der Waals surface area contributed by atoms with Gasteiger partial charge in [0.15, 0.2) is 0 Å². The number of rotatable bonds is 3. The van der Waals surface area contributed by atoms with E-state index in [1.807, 2.05) is 0 Å². The number of amides is 2. The minimum atomic E-state index is -0.738. The Morgan fingerprint density at radius 3 is 1.92 bits per heavy atom. The summed E-state index contributed by atoms with van der Waals surface area (Å²) in [7, 11) is 0. The Balaban J connectivity index is 2.98. The monoisotopic (exact) mass is 478 g/mol. The number of carbonyl (C=O) groups excluding carboxylic acids is 2. The van der Waals surface area contributed by atoms with Gasteiger partial charge in [-0.1, -0.05) is 15.9 Å². The lowest BCUT2D eigenvalue weighted by Gasteiger charge is -2.28. The highest BCUT2D eigenvalue weighted by Crippen LogP contribution is 2.24. The van der Waals surface area contributed by atoms with Crippen molar-refractivity contribution in [2.24, 2.45) is 0 Å². The first-order chi connectivity index (χ1) is 11.3. The Bertz CT molecular complexity index is 588. The highest BCUT2D eigenvalue weighted by atomic mass is 79.9. The highest BCUT2D eigenvalue weighted by molar-refractivity contribution is 9.11. The average Bonchev–Trinajstić information content (AvgIpc) is 2.37. The summed E-state index contributed by atoms with van der Waals surface area (Å²) in [5.41, 5.74) is -0.584. The molecule has 0 bridgehead atoms. The van der Waals surface area contributed by atoms with Crippen LogP contribution in [-0.4, -0.2) is 39.8 Å². The molecule has 0 aliphatic rings. The number of hydrogen-bond acceptors (Lipinski definition) is 5. The van der Waals surface area contributed by atoms with Crippen LogP contribution in [0.5, 0.6) is 0 Å². The second-order valence-corrected chi connectivity index (χ2v) is 9.03. The minimum absolute atomic E-state index is 0.104. The van der Waals surface area contributed by atoms with Gasteiger partial charge in [-0.3, -0.25) is 0 Å². The fourth-order valence-corrected chi connectivity index (χ4v) is 3.08. The van der Waals surface area contributed by atoms with Crippen molar-refractivity contribution in [3.8, 4) is 0 Å². The van der Waals surface area contributed by atoms with E-state index in [1.165, 1.54) is 0 Å². The summed E-state index contributed by atoms with van der Waals surface area (Å²) in [6, 6.07) is 1.80. The van der Waals surface area contributed by atoms with Crippen molar-refractivity contribution in [1.82, 2.24) is 9.88 Å². The van der Waals surface area contributed by atoms with Gasteiger partial charge in [-0.25, -0.2) is 19.5 Å². The van der Waals surface area contributed by atoms with Crippen molar-refractivity contribution < 1.29 is 19.1 Å². The molecule has 140 valence electrons. The molecular formula is C17H24Br2N2O4. The maximum absolute atomic E-state index is 12.4. The average molecular weight is 480 g/mol. The molecule has 8 heteroatoms. The number of pyridine rings is 1. The van der Waals surface area contributed by atoms with E-state index < -0.39 is 23.4 Å². The zero-order valence-corrected chi connectivity index (χ0v) is 18.5. The number of ether oxygens (including phenoxy) is 2. The normalized spacial score (nSPS) is 11.8. The van der Waals surface area contributed by atoms with Gasteiger partial charge in [0.05, 0.1) is 0 Å². The molecule has 25 heavy (non-hydrogen) atoms. The number of carbonyl (C=O) groups is 2. The molecule has 1 rings (SSSR count). The quantitative estimate of drug-likeness (QED) is 0.548. The molecule has 0 fully saturated rings. The zero-order valence-electron chi connectivity index (χ0n) is 15.4. The summed E-state index contributed by atoms with van der Waals surface area (Å²) < 4.78 is 12.1. The predicted octanol–water partition coefficient (Wildman–Crippen LogP) is 5.32. The number of imide groups is 1. The Morgan fingerprint density at radius 2 is 1.52 bits per heavy atom. The van der Waals surface area contributed by atoms with Crippen molar-refractivity contribution >= 4 is 44.0 Å². The maximum atomic E-state index is 12.4. The second kappa shape index (κ2) is 8.49. The number of nitrogens with zero attached hydrogens (tertiary/aromatic N) is 2. The third-order valence-electron chi connectivity index (χ3n) is 2.76. The summed E-state index contributed by atoms with van der Waals surface area (Å²) in [4.78, 5) is 30.0. The Kier molecular flexibility index (Phi) is 7.43. The molecule has 0 saturated heterocycles. The van der Waals surface area contributed by atoms with Crippen molar-refractivity contribution in [3.05, 3.63) is 26.9 Å². The van der Waals surface area contributed by atoms with E-state index in [2.05, 4.69) is 36.8 Å². The van der Waals surface area contributed by atoms with Crippen molar-refractivity contribution in [1.29, 1.82) is 0 Å². The van der Waals surface area contributed by atoms with Crippen LogP contribution in [0.4, 0.5) is 9.59 Å². The summed E-state index contributed by atoms with van der Waals surface area (Å²) in [5.74, 6) is 0. The maximum Gasteiger partial charge on any atom is 0.419 e. The largest absolute Gasteiger partial charge is 0.443 e. The third-order valence-corrected chi connectivity index (χ3v) is 4.19. The van der Waals surface area contributed by atoms with E-state index >= 15 is 0 Å². The molecule has 6 nitrogen and oxygen atoms in total. The zero-order chi connectivity index (χ0) is 19.4. The summed E-state index contributed by atoms with van der Waals surface area (Å²) in [6.45, 7) is 10.6. The molecule has 1 heterocycles. The topological polar surface area (TPSA) is 68.7 Å². The van der Waals surface area contributed by atoms with Crippen LogP contribution in [0.15, 0.2) is 21.3 Å². The van der Waals surface area contributed by atoms with Gasteiger partial charge in [0, 0.05) is 22.8 Å². The van der Waals surface area contributed by atoms with Crippen LogP contribution in [-0.2, 0) is 15.9 Å². The van der Waals surface area contributed by atoms with Gasteiger partial charge in [0.1, 0.15) is 15.8 Å². The minimum Gasteiger partial charge on any atom is -0.443 e. The molecule has 1 aromatic rings. The first-order valence-electron chi connectivity index (χ1n) is 7.82. The molecule has 0 radical (unpaired) electrons. The smallest absolute Gasteiger partial charge is 0.419 e. The molecule has 0 saturated carbocycles. The molecule has 0 unspecified atom stereocenters. The van der Waals surface area contributed by atoms with E-state index in [0.29, 0.717) is 11.0 Å². The molecule has 0 atom stereocenters. The number of hydrogen-bond donors (Lipinski definition) is 0. The molecule has 2 amide bonds. The Morgan fingerprint density at radius 1 is 1.04 bits per heavy atom. The summed E-state index contributed by atoms with van der Waals surface area (Å²) in [5, 5.41) is 0. The van der Waals surface area contributed by atoms with Gasteiger partial charge >= 0.3 is 12.2 Å². The molecule has 0 spiro atoms. The van der Waals surface area contributed by atoms with Gasteiger partial charge in [0.25, 0.3) is 0 Å². The standard InChI is InChI=1S/C17H24Br2N2O4/c1-16(2,3)24-14(22)21(15(23)25-17(4,5)6)10-8-11-12(18)7-9-20-13(11)19/h7,9H,8,10H2,1-6H3. The van der Waals surface area contributed by atoms with E-state index in [-0.39, 0.29) is 6.54 Å². The van der Waals surface area contributed by atoms with Gasteiger partial charge < -0.3 is 9.47 Å². The Hall–Kier alpha value is -1.15. The van der Waals surface area contributed by atoms with Crippen LogP contribution in [0, 0.1) is 0 Å². The third kappa shape index (κ3) is 7.73. The van der Waals surface area contributed by atoms with Gasteiger partial charge in [0.2, 0.25) is 0 Å². The first-order valence-corrected chi connectivity index (χ1v) is 9.41. The summed E-state index contributed by atoms with van der Waals surface area (Å²) in [6.07, 6.45) is 0.570. The number of halogens is 2. The van der Waals surface area contributed by atoms with E-state index in [0.717, 1.165) is 14.9 Å². The van der Waals surface area contributed by atoms with Crippen molar-refractivity contribution in [3.63, 3.8) is 0 Å². The van der Waals surface area contributed by atoms with E-state index in [9.17, 15) is 9.59 Å². The first kappa shape index (κ1) is 21.9. The highest BCUT2D eigenvalue weighted by Gasteiger charge is 2.31. The van der Waals surface area contributed by atoms with Gasteiger partial charge in [-0.15, -0.1) is 0 Å². The second-order valence-electron chi connectivity index (χ2n) is 7.42. The van der Waals surface area contributed by atoms with Gasteiger partial charge in [-0.05, 0) is 70.0 Å². The van der Waals surface area contributed by atoms with Gasteiger partial charge in [-0.2, -0.15) is 0 Å². The van der Waals surface area contributed by atoms with Crippen molar-refractivity contribution in [2.75, 3.05) is 6.54 Å². The SMILES string of the molecule is CC(C)(C)OC(=O)N(CCc1c(Br)ccnc1Br)C(=O)OC(C)(C)C. The van der Waals surface area contributed by atoms with E-state index in [1.54, 1.807) is 53.8 Å². The fraction of sp³-hybridized carbons (Fsp3) is 0.588. The molecule has 1 aromatic heterocycles. The lowest BCUT2D eigenvalue weighted by Crippen LogP contribution is -2.44. The van der Waals surface area contributed by atoms with Crippen LogP contribution in [0.3, 0.4) is 0 Å². The molecular weight excluding hydrogens is 456 g/mol. The fourth-order valence-electron chi connectivity index (χ4n) is 1.78. The van der Waals surface area contributed by atoms with Crippen LogP contribution < -0.4 is 0 Å². The molecule has 0 N–H and O–H groups in total. The van der Waals surface area contributed by atoms with Crippen LogP contribution in [0.25, 0.3) is 0 Å². The van der Waals surface area contributed by atoms with Crippen LogP contribution in [0.2, 0.25) is 0 Å². The number of aromatic nitrogens is 1. The predicted molar refractivity (Wildman–Crippen MR) is 103 cm³/mol. The molecule has 0 aliphatic heterocycles. The lowest BCUT2D eigenvalue weighted by atomic mass is 10.2. The van der Waals surface area contributed by atoms with E-state index in [4.69, 9.17) is 9.47 Å². The Labute approximate surface area is 165 Å².